The summed E-state index contributed by atoms with van der Waals surface area (Å²) in [5.41, 5.74) is 0.799. The average molecular weight is 351 g/mol. The minimum Gasteiger partial charge on any atom is -0.354 e. The van der Waals surface area contributed by atoms with Crippen molar-refractivity contribution in [1.82, 2.24) is 15.5 Å². The Hall–Kier alpha value is -1.75. The van der Waals surface area contributed by atoms with Crippen LogP contribution in [0.15, 0.2) is 29.3 Å². The first-order valence-corrected chi connectivity index (χ1v) is 8.59. The van der Waals surface area contributed by atoms with Crippen molar-refractivity contribution in [2.75, 3.05) is 26.7 Å². The summed E-state index contributed by atoms with van der Waals surface area (Å²) in [4.78, 5) is 18.7. The van der Waals surface area contributed by atoms with E-state index < -0.39 is 0 Å². The van der Waals surface area contributed by atoms with Gasteiger partial charge >= 0.3 is 0 Å². The van der Waals surface area contributed by atoms with Crippen molar-refractivity contribution >= 4 is 23.5 Å². The molecule has 1 aliphatic heterocycles. The summed E-state index contributed by atoms with van der Waals surface area (Å²) in [6.45, 7) is 11.1. The maximum Gasteiger partial charge on any atom is 0.252 e. The topological polar surface area (TPSA) is 56.7 Å². The predicted octanol–water partition coefficient (Wildman–Crippen LogP) is 2.77. The predicted molar refractivity (Wildman–Crippen MR) is 99.7 cm³/mol. The lowest BCUT2D eigenvalue weighted by Gasteiger charge is -2.62. The van der Waals surface area contributed by atoms with E-state index in [1.165, 1.54) is 0 Å². The van der Waals surface area contributed by atoms with E-state index in [0.717, 1.165) is 12.5 Å². The first kappa shape index (κ1) is 18.6. The molecule has 1 saturated heterocycles. The highest BCUT2D eigenvalue weighted by atomic mass is 35.5. The molecule has 0 spiro atoms. The Morgan fingerprint density at radius 1 is 1.21 bits per heavy atom. The minimum atomic E-state index is -0.164. The molecule has 1 aromatic carbocycles. The van der Waals surface area contributed by atoms with Crippen LogP contribution in [-0.2, 0) is 0 Å². The van der Waals surface area contributed by atoms with Gasteiger partial charge in [0.15, 0.2) is 5.96 Å². The van der Waals surface area contributed by atoms with Crippen LogP contribution >= 0.6 is 11.6 Å². The largest absolute Gasteiger partial charge is 0.354 e. The summed E-state index contributed by atoms with van der Waals surface area (Å²) in [7, 11) is 1.78. The highest BCUT2D eigenvalue weighted by Gasteiger charge is 2.53. The molecule has 0 bridgehead atoms. The molecule has 0 aliphatic carbocycles. The molecule has 0 atom stereocenters. The Morgan fingerprint density at radius 3 is 2.38 bits per heavy atom. The number of hydrogen-bond donors (Lipinski definition) is 2. The zero-order valence-electron chi connectivity index (χ0n) is 15.1. The van der Waals surface area contributed by atoms with E-state index in [9.17, 15) is 4.79 Å². The molecule has 1 fully saturated rings. The zero-order valence-corrected chi connectivity index (χ0v) is 15.9. The molecule has 1 aromatic rings. The Labute approximate surface area is 149 Å². The van der Waals surface area contributed by atoms with Gasteiger partial charge in [0.25, 0.3) is 5.91 Å². The van der Waals surface area contributed by atoms with Crippen molar-refractivity contribution in [2.24, 2.45) is 10.4 Å². The van der Waals surface area contributed by atoms with Crippen molar-refractivity contribution in [3.63, 3.8) is 0 Å². The fraction of sp³-hybridized carbons (Fsp3) is 0.556. The van der Waals surface area contributed by atoms with Gasteiger partial charge in [0.2, 0.25) is 0 Å². The Kier molecular flexibility index (Phi) is 5.43. The van der Waals surface area contributed by atoms with Gasteiger partial charge in [-0.15, -0.1) is 0 Å². The highest BCUT2D eigenvalue weighted by molar-refractivity contribution is 6.33. The number of aliphatic imine (C=N–C) groups is 1. The smallest absolute Gasteiger partial charge is 0.252 e. The van der Waals surface area contributed by atoms with Gasteiger partial charge in [-0.25, -0.2) is 0 Å². The van der Waals surface area contributed by atoms with E-state index in [1.807, 2.05) is 0 Å². The molecular formula is C18H27ClN4O. The second-order valence-corrected chi connectivity index (χ2v) is 7.65. The number of nitrogens with zero attached hydrogens (tertiary/aromatic N) is 2. The van der Waals surface area contributed by atoms with Gasteiger partial charge in [0, 0.05) is 37.6 Å². The molecule has 1 aliphatic rings. The van der Waals surface area contributed by atoms with Crippen molar-refractivity contribution in [3.05, 3.63) is 34.9 Å². The maximum absolute atomic E-state index is 12.1. The summed E-state index contributed by atoms with van der Waals surface area (Å²) in [5, 5.41) is 6.65. The summed E-state index contributed by atoms with van der Waals surface area (Å²) in [6.07, 6.45) is 0. The lowest BCUT2D eigenvalue weighted by molar-refractivity contribution is -0.0666. The van der Waals surface area contributed by atoms with Gasteiger partial charge in [-0.3, -0.25) is 9.79 Å². The summed E-state index contributed by atoms with van der Waals surface area (Å²) in [6, 6.07) is 7.04. The van der Waals surface area contributed by atoms with Gasteiger partial charge in [-0.05, 0) is 26.0 Å². The number of nitrogens with one attached hydrogen (secondary N) is 2. The van der Waals surface area contributed by atoms with Gasteiger partial charge in [0.1, 0.15) is 0 Å². The zero-order chi connectivity index (χ0) is 18.0. The molecule has 1 amide bonds. The summed E-state index contributed by atoms with van der Waals surface area (Å²) < 4.78 is 0. The third-order valence-corrected chi connectivity index (χ3v) is 5.49. The van der Waals surface area contributed by atoms with Crippen LogP contribution in [0.3, 0.4) is 0 Å². The molecule has 0 unspecified atom stereocenters. The van der Waals surface area contributed by atoms with E-state index in [2.05, 4.69) is 48.2 Å². The van der Waals surface area contributed by atoms with Crippen LogP contribution in [0.25, 0.3) is 0 Å². The first-order chi connectivity index (χ1) is 11.2. The van der Waals surface area contributed by atoms with E-state index in [1.54, 1.807) is 31.3 Å². The molecule has 132 valence electrons. The van der Waals surface area contributed by atoms with Crippen molar-refractivity contribution in [2.45, 2.75) is 33.2 Å². The molecule has 1 heterocycles. The summed E-state index contributed by atoms with van der Waals surface area (Å²) in [5.74, 6) is 0.703. The molecule has 0 saturated carbocycles. The van der Waals surface area contributed by atoms with Gasteiger partial charge in [-0.1, -0.05) is 37.6 Å². The number of rotatable bonds is 4. The Bertz CT molecular complexity index is 640. The lowest BCUT2D eigenvalue weighted by atomic mass is 9.65. The van der Waals surface area contributed by atoms with Crippen LogP contribution in [0.1, 0.15) is 38.1 Å². The lowest BCUT2D eigenvalue weighted by Crippen LogP contribution is -2.72. The van der Waals surface area contributed by atoms with Gasteiger partial charge in [0.05, 0.1) is 10.6 Å². The Balaban J connectivity index is 1.82. The second kappa shape index (κ2) is 7.01. The minimum absolute atomic E-state index is 0.0512. The summed E-state index contributed by atoms with van der Waals surface area (Å²) >= 11 is 6.03. The van der Waals surface area contributed by atoms with Crippen molar-refractivity contribution in [1.29, 1.82) is 0 Å². The van der Waals surface area contributed by atoms with E-state index in [-0.39, 0.29) is 16.9 Å². The van der Waals surface area contributed by atoms with E-state index in [4.69, 9.17) is 11.6 Å². The number of halogens is 1. The fourth-order valence-corrected chi connectivity index (χ4v) is 3.01. The molecule has 0 aromatic heterocycles. The van der Waals surface area contributed by atoms with Crippen LogP contribution < -0.4 is 10.6 Å². The molecular weight excluding hydrogens is 324 g/mol. The van der Waals surface area contributed by atoms with Crippen LogP contribution in [-0.4, -0.2) is 49.0 Å². The van der Waals surface area contributed by atoms with E-state index >= 15 is 0 Å². The average Bonchev–Trinajstić information content (AvgIpc) is 2.53. The number of guanidine groups is 1. The van der Waals surface area contributed by atoms with Crippen LogP contribution in [0, 0.1) is 5.41 Å². The molecule has 24 heavy (non-hydrogen) atoms. The number of hydrogen-bond acceptors (Lipinski definition) is 2. The monoisotopic (exact) mass is 350 g/mol. The number of carbonyl (C=O) groups excluding carboxylic acids is 1. The van der Waals surface area contributed by atoms with Crippen LogP contribution in [0.5, 0.6) is 0 Å². The molecule has 2 N–H and O–H groups in total. The molecule has 2 rings (SSSR count). The second-order valence-electron chi connectivity index (χ2n) is 7.24. The standard InChI is InChI=1S/C18H27ClN4O/c1-17(2)12-23(18(17,3)4)16(20-5)22-11-10-21-15(24)13-8-6-7-9-14(13)19/h6-9H,10-12H2,1-5H3,(H,20,22)(H,21,24). The Morgan fingerprint density at radius 2 is 1.83 bits per heavy atom. The molecule has 5 nitrogen and oxygen atoms in total. The van der Waals surface area contributed by atoms with E-state index in [0.29, 0.717) is 23.7 Å². The highest BCUT2D eigenvalue weighted by Crippen LogP contribution is 2.46. The quantitative estimate of drug-likeness (QED) is 0.498. The van der Waals surface area contributed by atoms with Gasteiger partial charge in [-0.2, -0.15) is 0 Å². The van der Waals surface area contributed by atoms with Crippen LogP contribution in [0.4, 0.5) is 0 Å². The van der Waals surface area contributed by atoms with Crippen molar-refractivity contribution in [3.8, 4) is 0 Å². The molecule has 6 heteroatoms. The van der Waals surface area contributed by atoms with Gasteiger partial charge < -0.3 is 15.5 Å². The SMILES string of the molecule is CN=C(NCCNC(=O)c1ccccc1Cl)N1CC(C)(C)C1(C)C. The third kappa shape index (κ3) is 3.51. The van der Waals surface area contributed by atoms with Crippen LogP contribution in [0.2, 0.25) is 5.02 Å². The normalized spacial score (nSPS) is 18.8. The first-order valence-electron chi connectivity index (χ1n) is 8.22. The number of amides is 1. The number of benzene rings is 1. The number of carbonyl (C=O) groups is 1. The maximum atomic E-state index is 12.1. The fourth-order valence-electron chi connectivity index (χ4n) is 2.79. The third-order valence-electron chi connectivity index (χ3n) is 5.16. The number of likely N-dealkylation sites (tertiary alicyclic amines) is 1. The van der Waals surface area contributed by atoms with Crippen molar-refractivity contribution < 1.29 is 4.79 Å². The molecule has 0 radical (unpaired) electrons.